The third kappa shape index (κ3) is 3.97. The molecule has 5 heteroatoms. The molecular formula is C15H11NO3S. The van der Waals surface area contributed by atoms with Crippen molar-refractivity contribution in [1.82, 2.24) is 0 Å². The van der Waals surface area contributed by atoms with Crippen LogP contribution in [0.15, 0.2) is 41.8 Å². The van der Waals surface area contributed by atoms with Gasteiger partial charge in [-0.25, -0.2) is 4.79 Å². The van der Waals surface area contributed by atoms with Crippen molar-refractivity contribution in [2.75, 3.05) is 0 Å². The first kappa shape index (κ1) is 13.8. The topological polar surface area (TPSA) is 70.3 Å². The molecule has 0 radical (unpaired) electrons. The molecule has 0 aliphatic heterocycles. The van der Waals surface area contributed by atoms with E-state index in [9.17, 15) is 4.79 Å². The van der Waals surface area contributed by atoms with Crippen molar-refractivity contribution >= 4 is 23.4 Å². The molecule has 0 saturated heterocycles. The molecule has 0 aliphatic carbocycles. The van der Waals surface area contributed by atoms with Crippen LogP contribution in [-0.4, -0.2) is 11.1 Å². The zero-order valence-corrected chi connectivity index (χ0v) is 11.3. The first-order valence-electron chi connectivity index (χ1n) is 5.79. The normalized spacial score (nSPS) is 10.3. The highest BCUT2D eigenvalue weighted by atomic mass is 32.1. The largest absolute Gasteiger partial charge is 0.488 e. The fraction of sp³-hybridized carbons (Fsp3) is 0.0667. The standard InChI is InChI=1S/C15H11NO3S/c16-8-11-2-1-3-13(6-11)19-9-14-7-12(10-20-14)4-5-15(17)18/h1-7,10H,9H2,(H,17,18). The molecule has 1 N–H and O–H groups in total. The van der Waals surface area contributed by atoms with E-state index < -0.39 is 5.97 Å². The third-order valence-corrected chi connectivity index (χ3v) is 3.37. The van der Waals surface area contributed by atoms with E-state index in [-0.39, 0.29) is 0 Å². The number of hydrogen-bond donors (Lipinski definition) is 1. The fourth-order valence-electron chi connectivity index (χ4n) is 1.54. The van der Waals surface area contributed by atoms with Gasteiger partial charge in [0.25, 0.3) is 0 Å². The summed E-state index contributed by atoms with van der Waals surface area (Å²) in [7, 11) is 0. The maximum absolute atomic E-state index is 10.4. The summed E-state index contributed by atoms with van der Waals surface area (Å²) < 4.78 is 5.59. The van der Waals surface area contributed by atoms with Crippen LogP contribution in [0.25, 0.3) is 6.08 Å². The minimum absolute atomic E-state index is 0.389. The predicted octanol–water partition coefficient (Wildman–Crippen LogP) is 3.30. The highest BCUT2D eigenvalue weighted by Gasteiger charge is 2.01. The van der Waals surface area contributed by atoms with Crippen molar-refractivity contribution in [2.45, 2.75) is 6.61 Å². The molecule has 2 rings (SSSR count). The van der Waals surface area contributed by atoms with Gasteiger partial charge in [-0.05, 0) is 41.3 Å². The molecule has 4 nitrogen and oxygen atoms in total. The van der Waals surface area contributed by atoms with Gasteiger partial charge in [-0.15, -0.1) is 11.3 Å². The molecule has 1 heterocycles. The quantitative estimate of drug-likeness (QED) is 0.856. The van der Waals surface area contributed by atoms with Crippen molar-refractivity contribution in [3.05, 3.63) is 57.8 Å². The van der Waals surface area contributed by atoms with E-state index in [4.69, 9.17) is 15.1 Å². The molecule has 100 valence electrons. The number of carboxylic acid groups (broad SMARTS) is 1. The molecule has 0 spiro atoms. The number of benzene rings is 1. The zero-order chi connectivity index (χ0) is 14.4. The fourth-order valence-corrected chi connectivity index (χ4v) is 2.30. The van der Waals surface area contributed by atoms with Gasteiger partial charge in [0.05, 0.1) is 11.6 Å². The Labute approximate surface area is 120 Å². The van der Waals surface area contributed by atoms with Gasteiger partial charge in [-0.1, -0.05) is 6.07 Å². The zero-order valence-electron chi connectivity index (χ0n) is 10.4. The van der Waals surface area contributed by atoms with Crippen LogP contribution >= 0.6 is 11.3 Å². The second-order valence-electron chi connectivity index (χ2n) is 3.95. The second-order valence-corrected chi connectivity index (χ2v) is 4.94. The minimum atomic E-state index is -0.970. The van der Waals surface area contributed by atoms with Gasteiger partial charge in [0.1, 0.15) is 12.4 Å². The number of hydrogen-bond acceptors (Lipinski definition) is 4. The van der Waals surface area contributed by atoms with Gasteiger partial charge < -0.3 is 9.84 Å². The Morgan fingerprint density at radius 1 is 1.45 bits per heavy atom. The van der Waals surface area contributed by atoms with Crippen LogP contribution in [0.5, 0.6) is 5.75 Å². The van der Waals surface area contributed by atoms with Gasteiger partial charge in [-0.3, -0.25) is 0 Å². The number of nitrogens with zero attached hydrogens (tertiary/aromatic N) is 1. The van der Waals surface area contributed by atoms with Crippen LogP contribution in [0.2, 0.25) is 0 Å². The van der Waals surface area contributed by atoms with Crippen LogP contribution in [-0.2, 0) is 11.4 Å². The second kappa shape index (κ2) is 6.55. The van der Waals surface area contributed by atoms with Crippen molar-refractivity contribution in [3.63, 3.8) is 0 Å². The van der Waals surface area contributed by atoms with E-state index in [2.05, 4.69) is 6.07 Å². The van der Waals surface area contributed by atoms with Crippen LogP contribution < -0.4 is 4.74 Å². The molecule has 0 saturated carbocycles. The minimum Gasteiger partial charge on any atom is -0.488 e. The molecule has 0 fully saturated rings. The summed E-state index contributed by atoms with van der Waals surface area (Å²) in [4.78, 5) is 11.4. The number of nitriles is 1. The molecule has 0 bridgehead atoms. The Balaban J connectivity index is 1.97. The first-order chi connectivity index (χ1) is 9.67. The Morgan fingerprint density at radius 2 is 2.30 bits per heavy atom. The summed E-state index contributed by atoms with van der Waals surface area (Å²) in [6.45, 7) is 0.389. The number of thiophene rings is 1. The van der Waals surface area contributed by atoms with E-state index in [0.717, 1.165) is 16.5 Å². The summed E-state index contributed by atoms with van der Waals surface area (Å²) in [5.41, 5.74) is 1.39. The Morgan fingerprint density at radius 3 is 3.05 bits per heavy atom. The molecule has 0 aliphatic rings. The lowest BCUT2D eigenvalue weighted by atomic mass is 10.2. The van der Waals surface area contributed by atoms with Crippen LogP contribution in [0.4, 0.5) is 0 Å². The summed E-state index contributed by atoms with van der Waals surface area (Å²) in [5, 5.41) is 19.2. The molecule has 0 unspecified atom stereocenters. The van der Waals surface area contributed by atoms with Gasteiger partial charge in [0.2, 0.25) is 0 Å². The molecular weight excluding hydrogens is 274 g/mol. The lowest BCUT2D eigenvalue weighted by Gasteiger charge is -2.04. The Kier molecular flexibility index (Phi) is 4.53. The van der Waals surface area contributed by atoms with Crippen LogP contribution in [0, 0.1) is 11.3 Å². The van der Waals surface area contributed by atoms with Crippen molar-refractivity contribution < 1.29 is 14.6 Å². The van der Waals surface area contributed by atoms with Gasteiger partial charge in [-0.2, -0.15) is 5.26 Å². The maximum atomic E-state index is 10.4. The first-order valence-corrected chi connectivity index (χ1v) is 6.67. The van der Waals surface area contributed by atoms with E-state index in [1.54, 1.807) is 30.3 Å². The van der Waals surface area contributed by atoms with Crippen LogP contribution in [0.1, 0.15) is 16.0 Å². The molecule has 0 amide bonds. The maximum Gasteiger partial charge on any atom is 0.328 e. The molecule has 20 heavy (non-hydrogen) atoms. The van der Waals surface area contributed by atoms with Gasteiger partial charge >= 0.3 is 5.97 Å². The van der Waals surface area contributed by atoms with E-state index in [0.29, 0.717) is 17.9 Å². The molecule has 1 aromatic carbocycles. The van der Waals surface area contributed by atoms with Gasteiger partial charge in [0, 0.05) is 11.0 Å². The number of carboxylic acids is 1. The summed E-state index contributed by atoms with van der Waals surface area (Å²) in [6, 6.07) is 10.9. The highest BCUT2D eigenvalue weighted by Crippen LogP contribution is 2.19. The lowest BCUT2D eigenvalue weighted by molar-refractivity contribution is -0.131. The Bertz CT molecular complexity index is 682. The summed E-state index contributed by atoms with van der Waals surface area (Å²) in [6.07, 6.45) is 2.64. The predicted molar refractivity (Wildman–Crippen MR) is 76.5 cm³/mol. The average molecular weight is 285 g/mol. The van der Waals surface area contributed by atoms with E-state index in [1.807, 2.05) is 11.4 Å². The smallest absolute Gasteiger partial charge is 0.328 e. The Hall–Kier alpha value is -2.58. The number of ether oxygens (including phenoxy) is 1. The number of aliphatic carboxylic acids is 1. The summed E-state index contributed by atoms with van der Waals surface area (Å²) in [5.74, 6) is -0.331. The molecule has 1 aromatic heterocycles. The monoisotopic (exact) mass is 285 g/mol. The van der Waals surface area contributed by atoms with Gasteiger partial charge in [0.15, 0.2) is 0 Å². The van der Waals surface area contributed by atoms with Crippen LogP contribution in [0.3, 0.4) is 0 Å². The van der Waals surface area contributed by atoms with E-state index >= 15 is 0 Å². The molecule has 2 aromatic rings. The van der Waals surface area contributed by atoms with Crippen molar-refractivity contribution in [2.24, 2.45) is 0 Å². The summed E-state index contributed by atoms with van der Waals surface area (Å²) >= 11 is 1.50. The van der Waals surface area contributed by atoms with Crippen molar-refractivity contribution in [1.29, 1.82) is 5.26 Å². The molecule has 0 atom stereocenters. The number of rotatable bonds is 5. The van der Waals surface area contributed by atoms with Crippen molar-refractivity contribution in [3.8, 4) is 11.8 Å². The SMILES string of the molecule is N#Cc1cccc(OCc2cc(C=CC(=O)O)cs2)c1. The third-order valence-electron chi connectivity index (χ3n) is 2.44. The lowest BCUT2D eigenvalue weighted by Crippen LogP contribution is -1.93. The van der Waals surface area contributed by atoms with E-state index in [1.165, 1.54) is 11.3 Å². The number of carbonyl (C=O) groups is 1. The average Bonchev–Trinajstić information content (AvgIpc) is 2.91. The highest BCUT2D eigenvalue weighted by molar-refractivity contribution is 7.10.